The Morgan fingerprint density at radius 2 is 2.07 bits per heavy atom. The minimum atomic E-state index is 0.500. The zero-order valence-corrected chi connectivity index (χ0v) is 10.8. The Balaban J connectivity index is 3.00. The largest absolute Gasteiger partial charge is 0.122 e. The van der Waals surface area contributed by atoms with Gasteiger partial charge < -0.3 is 0 Å². The molecule has 1 rings (SSSR count). The van der Waals surface area contributed by atoms with E-state index in [1.165, 1.54) is 11.1 Å². The molecule has 0 aliphatic carbocycles. The van der Waals surface area contributed by atoms with Crippen LogP contribution in [0, 0.1) is 5.92 Å². The summed E-state index contributed by atoms with van der Waals surface area (Å²) in [5.41, 5.74) is 2.45. The van der Waals surface area contributed by atoms with Gasteiger partial charge in [0.15, 0.2) is 0 Å². The van der Waals surface area contributed by atoms with Crippen LogP contribution in [0.4, 0.5) is 0 Å². The zero-order valence-electron chi connectivity index (χ0n) is 8.43. The molecule has 0 radical (unpaired) electrons. The Kier molecular flexibility index (Phi) is 4.70. The van der Waals surface area contributed by atoms with Crippen LogP contribution in [0.15, 0.2) is 34.3 Å². The first kappa shape index (κ1) is 11.8. The van der Waals surface area contributed by atoms with Gasteiger partial charge in [0.05, 0.1) is 0 Å². The van der Waals surface area contributed by atoms with Crippen LogP contribution in [0.2, 0.25) is 0 Å². The quantitative estimate of drug-likeness (QED) is 0.699. The number of hydrogen-bond donors (Lipinski definition) is 0. The molecule has 1 aromatic carbocycles. The normalized spacial score (nSPS) is 12.2. The maximum atomic E-state index is 5.88. The van der Waals surface area contributed by atoms with Crippen LogP contribution in [0.3, 0.4) is 0 Å². The molecule has 2 heteroatoms. The average molecular weight is 274 g/mol. The summed E-state index contributed by atoms with van der Waals surface area (Å²) in [6.45, 7) is 4.32. The van der Waals surface area contributed by atoms with Crippen LogP contribution in [0.5, 0.6) is 0 Å². The van der Waals surface area contributed by atoms with Crippen molar-refractivity contribution >= 4 is 33.6 Å². The fraction of sp³-hybridized carbons (Fsp3) is 0.333. The van der Waals surface area contributed by atoms with Crippen LogP contribution in [0.1, 0.15) is 19.4 Å². The average Bonchev–Trinajstić information content (AvgIpc) is 2.16. The van der Waals surface area contributed by atoms with E-state index in [2.05, 4.69) is 41.9 Å². The summed E-state index contributed by atoms with van der Waals surface area (Å²) < 4.78 is 1.11. The van der Waals surface area contributed by atoms with Crippen molar-refractivity contribution < 1.29 is 0 Å². The monoisotopic (exact) mass is 272 g/mol. The summed E-state index contributed by atoms with van der Waals surface area (Å²) >= 11 is 9.40. The van der Waals surface area contributed by atoms with Gasteiger partial charge in [-0.15, -0.1) is 11.6 Å². The maximum absolute atomic E-state index is 5.88. The molecule has 76 valence electrons. The smallest absolute Gasteiger partial charge is 0.0439 e. The molecule has 0 bridgehead atoms. The van der Waals surface area contributed by atoms with Gasteiger partial charge in [-0.25, -0.2) is 0 Å². The van der Waals surface area contributed by atoms with Gasteiger partial charge in [0.1, 0.15) is 0 Å². The van der Waals surface area contributed by atoms with E-state index in [1.807, 2.05) is 18.2 Å². The molecule has 0 amide bonds. The van der Waals surface area contributed by atoms with E-state index in [-0.39, 0.29) is 0 Å². The van der Waals surface area contributed by atoms with E-state index in [0.717, 1.165) is 4.47 Å². The van der Waals surface area contributed by atoms with Crippen LogP contribution in [-0.2, 0) is 0 Å². The SMILES string of the molecule is CC(C)/C(=C/c1ccccc1Br)CCl. The first-order valence-corrected chi connectivity index (χ1v) is 5.99. The third-order valence-corrected chi connectivity index (χ3v) is 3.17. The van der Waals surface area contributed by atoms with E-state index >= 15 is 0 Å². The van der Waals surface area contributed by atoms with E-state index < -0.39 is 0 Å². The highest BCUT2D eigenvalue weighted by molar-refractivity contribution is 9.10. The first-order chi connectivity index (χ1) is 6.65. The first-order valence-electron chi connectivity index (χ1n) is 4.66. The molecule has 0 nitrogen and oxygen atoms in total. The molecule has 0 saturated carbocycles. The number of hydrogen-bond acceptors (Lipinski definition) is 0. The van der Waals surface area contributed by atoms with E-state index in [4.69, 9.17) is 11.6 Å². The third kappa shape index (κ3) is 3.14. The van der Waals surface area contributed by atoms with Gasteiger partial charge >= 0.3 is 0 Å². The molecule has 0 saturated heterocycles. The van der Waals surface area contributed by atoms with Crippen molar-refractivity contribution in [1.29, 1.82) is 0 Å². The highest BCUT2D eigenvalue weighted by atomic mass is 79.9. The van der Waals surface area contributed by atoms with Crippen LogP contribution in [-0.4, -0.2) is 5.88 Å². The second-order valence-electron chi connectivity index (χ2n) is 3.53. The van der Waals surface area contributed by atoms with Gasteiger partial charge in [-0.3, -0.25) is 0 Å². The Morgan fingerprint density at radius 1 is 1.43 bits per heavy atom. The third-order valence-electron chi connectivity index (χ3n) is 2.14. The molecular weight excluding hydrogens is 259 g/mol. The predicted molar refractivity (Wildman–Crippen MR) is 67.7 cm³/mol. The highest BCUT2D eigenvalue weighted by Gasteiger charge is 2.03. The predicted octanol–water partition coefficient (Wildman–Crippen LogP) is 4.73. The van der Waals surface area contributed by atoms with E-state index in [9.17, 15) is 0 Å². The Morgan fingerprint density at radius 3 is 2.57 bits per heavy atom. The lowest BCUT2D eigenvalue weighted by atomic mass is 10.0. The topological polar surface area (TPSA) is 0 Å². The Labute approximate surface area is 99.1 Å². The van der Waals surface area contributed by atoms with Gasteiger partial charge in [-0.1, -0.05) is 59.6 Å². The van der Waals surface area contributed by atoms with E-state index in [0.29, 0.717) is 11.8 Å². The lowest BCUT2D eigenvalue weighted by molar-refractivity contribution is 0.778. The molecule has 1 aromatic rings. The summed E-state index contributed by atoms with van der Waals surface area (Å²) in [6.07, 6.45) is 2.15. The number of rotatable bonds is 3. The molecule has 0 aliphatic rings. The van der Waals surface area contributed by atoms with Crippen LogP contribution < -0.4 is 0 Å². The minimum Gasteiger partial charge on any atom is -0.122 e. The van der Waals surface area contributed by atoms with Gasteiger partial charge in [-0.05, 0) is 17.5 Å². The molecular formula is C12H14BrCl. The lowest BCUT2D eigenvalue weighted by Gasteiger charge is -2.08. The molecule has 0 spiro atoms. The summed E-state index contributed by atoms with van der Waals surface area (Å²) in [7, 11) is 0. The van der Waals surface area contributed by atoms with Gasteiger partial charge in [-0.2, -0.15) is 0 Å². The fourth-order valence-electron chi connectivity index (χ4n) is 1.15. The molecule has 0 heterocycles. The van der Waals surface area contributed by atoms with E-state index in [1.54, 1.807) is 0 Å². The summed E-state index contributed by atoms with van der Waals surface area (Å²) in [4.78, 5) is 0. The zero-order chi connectivity index (χ0) is 10.6. The minimum absolute atomic E-state index is 0.500. The van der Waals surface area contributed by atoms with Gasteiger partial charge in [0.2, 0.25) is 0 Å². The standard InChI is InChI=1S/C12H14BrCl/c1-9(2)11(8-14)7-10-5-3-4-6-12(10)13/h3-7,9H,8H2,1-2H3/b11-7+. The summed E-state index contributed by atoms with van der Waals surface area (Å²) in [5, 5.41) is 0. The van der Waals surface area contributed by atoms with Crippen molar-refractivity contribution in [2.45, 2.75) is 13.8 Å². The molecule has 0 aromatic heterocycles. The van der Waals surface area contributed by atoms with Crippen LogP contribution in [0.25, 0.3) is 6.08 Å². The summed E-state index contributed by atoms with van der Waals surface area (Å²) in [5.74, 6) is 1.10. The number of allylic oxidation sites excluding steroid dienone is 1. The van der Waals surface area contributed by atoms with Crippen LogP contribution >= 0.6 is 27.5 Å². The molecule has 0 fully saturated rings. The molecule has 0 unspecified atom stereocenters. The second-order valence-corrected chi connectivity index (χ2v) is 4.65. The fourth-order valence-corrected chi connectivity index (χ4v) is 1.94. The van der Waals surface area contributed by atoms with Crippen molar-refractivity contribution in [2.75, 3.05) is 5.88 Å². The lowest BCUT2D eigenvalue weighted by Crippen LogP contribution is -1.95. The molecule has 14 heavy (non-hydrogen) atoms. The molecule has 0 atom stereocenters. The van der Waals surface area contributed by atoms with Crippen molar-refractivity contribution in [3.8, 4) is 0 Å². The van der Waals surface area contributed by atoms with Crippen molar-refractivity contribution in [3.05, 3.63) is 39.9 Å². The maximum Gasteiger partial charge on any atom is 0.0439 e. The number of benzene rings is 1. The van der Waals surface area contributed by atoms with Crippen molar-refractivity contribution in [3.63, 3.8) is 0 Å². The number of halogens is 2. The van der Waals surface area contributed by atoms with Crippen molar-refractivity contribution in [1.82, 2.24) is 0 Å². The second kappa shape index (κ2) is 5.57. The molecule has 0 N–H and O–H groups in total. The molecule has 0 aliphatic heterocycles. The highest BCUT2D eigenvalue weighted by Crippen LogP contribution is 2.22. The van der Waals surface area contributed by atoms with Gasteiger partial charge in [0, 0.05) is 10.4 Å². The Hall–Kier alpha value is -0.270. The van der Waals surface area contributed by atoms with Gasteiger partial charge in [0.25, 0.3) is 0 Å². The van der Waals surface area contributed by atoms with Crippen molar-refractivity contribution in [2.24, 2.45) is 5.92 Å². The Bertz CT molecular complexity index is 329. The summed E-state index contributed by atoms with van der Waals surface area (Å²) in [6, 6.07) is 8.16. The number of alkyl halides is 1.